The van der Waals surface area contributed by atoms with Gasteiger partial charge in [0, 0.05) is 25.2 Å². The lowest BCUT2D eigenvalue weighted by molar-refractivity contribution is -0.137. The number of likely N-dealkylation sites (N-methyl/N-ethyl adjacent to an activating group) is 1. The maximum absolute atomic E-state index is 13.9. The zero-order chi connectivity index (χ0) is 39.4. The zero-order valence-corrected chi connectivity index (χ0v) is 32.0. The first-order chi connectivity index (χ1) is 27.2. The van der Waals surface area contributed by atoms with Gasteiger partial charge in [0.2, 0.25) is 17.7 Å². The van der Waals surface area contributed by atoms with Crippen LogP contribution in [0, 0.1) is 0 Å². The molecule has 5 aromatic rings. The number of amides is 4. The van der Waals surface area contributed by atoms with Gasteiger partial charge in [-0.15, -0.1) is 0 Å². The maximum Gasteiger partial charge on any atom is 0.407 e. The van der Waals surface area contributed by atoms with Crippen molar-refractivity contribution in [2.45, 2.75) is 50.2 Å². The fourth-order valence-corrected chi connectivity index (χ4v) is 7.08. The maximum atomic E-state index is 13.9. The molecule has 0 saturated carbocycles. The van der Waals surface area contributed by atoms with E-state index >= 15 is 0 Å². The van der Waals surface area contributed by atoms with E-state index in [1.54, 1.807) is 24.3 Å². The standard InChI is InChI=1S/C44H49N7O5/c1-50(2)40(34-15-8-5-9-16-34)43(54)51-28-12-17-37(51)41-46-29-36(48-41)32-21-19-30(20-22-32)31-23-25-35(26-24-31)47-38(52)18-10-11-27-45-42(53)39(49-44(55)56-3)33-13-6-4-7-14-33/h4-9,13-16,19-26,29,37,39-40H,10-12,17-18,27-28H2,1-3H3,(H,45,53)(H,46,48)(H,47,52)(H,49,55). The van der Waals surface area contributed by atoms with Gasteiger partial charge in [0.05, 0.1) is 25.0 Å². The Hall–Kier alpha value is -6.27. The summed E-state index contributed by atoms with van der Waals surface area (Å²) in [5, 5.41) is 8.35. The van der Waals surface area contributed by atoms with Crippen molar-refractivity contribution in [1.29, 1.82) is 0 Å². The first-order valence-corrected chi connectivity index (χ1v) is 19.0. The van der Waals surface area contributed by atoms with E-state index in [9.17, 15) is 19.2 Å². The third kappa shape index (κ3) is 9.88. The van der Waals surface area contributed by atoms with Gasteiger partial charge in [-0.25, -0.2) is 9.78 Å². The van der Waals surface area contributed by atoms with Gasteiger partial charge in [-0.3, -0.25) is 19.3 Å². The van der Waals surface area contributed by atoms with Crippen LogP contribution >= 0.6 is 0 Å². The summed E-state index contributed by atoms with van der Waals surface area (Å²) in [6, 6.07) is 33.4. The van der Waals surface area contributed by atoms with Crippen LogP contribution in [0.3, 0.4) is 0 Å². The van der Waals surface area contributed by atoms with Crippen molar-refractivity contribution in [1.82, 2.24) is 30.4 Å². The number of anilines is 1. The van der Waals surface area contributed by atoms with Gasteiger partial charge < -0.3 is 30.6 Å². The number of nitrogens with one attached hydrogen (secondary N) is 4. The summed E-state index contributed by atoms with van der Waals surface area (Å²) in [5.41, 5.74) is 6.26. The lowest BCUT2D eigenvalue weighted by Crippen LogP contribution is -2.40. The topological polar surface area (TPSA) is 149 Å². The van der Waals surface area contributed by atoms with Crippen LogP contribution < -0.4 is 16.0 Å². The molecular weight excluding hydrogens is 707 g/mol. The normalized spacial score (nSPS) is 14.9. The minimum absolute atomic E-state index is 0.0837. The number of H-pyrrole nitrogens is 1. The Kier molecular flexibility index (Phi) is 13.3. The molecule has 1 aliphatic rings. The SMILES string of the molecule is COC(=O)NC(C(=O)NCCCCC(=O)Nc1ccc(-c2ccc(-c3cnc(C4CCCN4C(=O)C(c4ccccc4)N(C)C)[nH]3)cc2)cc1)c1ccccc1. The van der Waals surface area contributed by atoms with Crippen LogP contribution in [-0.4, -0.2) is 77.9 Å². The van der Waals surface area contributed by atoms with Crippen molar-refractivity contribution < 1.29 is 23.9 Å². The minimum Gasteiger partial charge on any atom is -0.453 e. The molecule has 0 radical (unpaired) electrons. The Morgan fingerprint density at radius 2 is 1.46 bits per heavy atom. The second kappa shape index (κ2) is 18.9. The number of carbonyl (C=O) groups excluding carboxylic acids is 4. The van der Waals surface area contributed by atoms with Gasteiger partial charge >= 0.3 is 6.09 Å². The predicted octanol–water partition coefficient (Wildman–Crippen LogP) is 7.03. The molecule has 3 unspecified atom stereocenters. The Morgan fingerprint density at radius 3 is 2.11 bits per heavy atom. The molecule has 0 bridgehead atoms. The molecule has 12 heteroatoms. The lowest BCUT2D eigenvalue weighted by Gasteiger charge is -2.31. The number of aromatic amines is 1. The first kappa shape index (κ1) is 39.4. The number of benzene rings is 4. The molecule has 290 valence electrons. The van der Waals surface area contributed by atoms with Crippen molar-refractivity contribution in [3.63, 3.8) is 0 Å². The number of aromatic nitrogens is 2. The highest BCUT2D eigenvalue weighted by molar-refractivity contribution is 5.91. The predicted molar refractivity (Wildman–Crippen MR) is 216 cm³/mol. The average Bonchev–Trinajstić information content (AvgIpc) is 3.92. The second-order valence-corrected chi connectivity index (χ2v) is 14.1. The molecule has 2 heterocycles. The summed E-state index contributed by atoms with van der Waals surface area (Å²) in [4.78, 5) is 63.3. The Morgan fingerprint density at radius 1 is 0.839 bits per heavy atom. The number of nitrogens with zero attached hydrogens (tertiary/aromatic N) is 3. The highest BCUT2D eigenvalue weighted by Crippen LogP contribution is 2.35. The van der Waals surface area contributed by atoms with Crippen molar-refractivity contribution in [3.05, 3.63) is 132 Å². The zero-order valence-electron chi connectivity index (χ0n) is 32.0. The van der Waals surface area contributed by atoms with Crippen molar-refractivity contribution in [2.75, 3.05) is 39.6 Å². The number of methoxy groups -OCH3 is 1. The van der Waals surface area contributed by atoms with Crippen LogP contribution in [0.15, 0.2) is 115 Å². The molecule has 0 spiro atoms. The van der Waals surface area contributed by atoms with Crippen LogP contribution in [0.2, 0.25) is 0 Å². The molecular formula is C44H49N7O5. The molecule has 12 nitrogen and oxygen atoms in total. The smallest absolute Gasteiger partial charge is 0.407 e. The molecule has 1 aromatic heterocycles. The molecule has 3 atom stereocenters. The van der Waals surface area contributed by atoms with Crippen LogP contribution in [-0.2, 0) is 19.1 Å². The number of carbonyl (C=O) groups is 4. The van der Waals surface area contributed by atoms with E-state index in [2.05, 4.69) is 49.9 Å². The van der Waals surface area contributed by atoms with Crippen molar-refractivity contribution >= 4 is 29.5 Å². The number of rotatable bonds is 15. The third-order valence-corrected chi connectivity index (χ3v) is 9.98. The number of hydrogen-bond acceptors (Lipinski definition) is 7. The number of unbranched alkanes of at least 4 members (excludes halogenated alkanes) is 1. The van der Waals surface area contributed by atoms with Crippen LogP contribution in [0.25, 0.3) is 22.4 Å². The number of ether oxygens (including phenoxy) is 1. The van der Waals surface area contributed by atoms with Crippen molar-refractivity contribution in [3.8, 4) is 22.4 Å². The largest absolute Gasteiger partial charge is 0.453 e. The molecule has 6 rings (SSSR count). The number of alkyl carbamates (subject to hydrolysis) is 1. The molecule has 1 aliphatic heterocycles. The monoisotopic (exact) mass is 755 g/mol. The summed E-state index contributed by atoms with van der Waals surface area (Å²) in [6.07, 6.45) is 4.40. The third-order valence-electron chi connectivity index (χ3n) is 9.98. The van der Waals surface area contributed by atoms with E-state index in [-0.39, 0.29) is 29.8 Å². The van der Waals surface area contributed by atoms with Gasteiger partial charge in [0.15, 0.2) is 0 Å². The second-order valence-electron chi connectivity index (χ2n) is 14.1. The van der Waals surface area contributed by atoms with E-state index in [4.69, 9.17) is 4.98 Å². The summed E-state index contributed by atoms with van der Waals surface area (Å²) in [7, 11) is 5.13. The van der Waals surface area contributed by atoms with Crippen LogP contribution in [0.1, 0.15) is 67.2 Å². The van der Waals surface area contributed by atoms with Gasteiger partial charge in [-0.2, -0.15) is 0 Å². The van der Waals surface area contributed by atoms with Gasteiger partial charge in [-0.05, 0) is 79.7 Å². The van der Waals surface area contributed by atoms with Gasteiger partial charge in [0.1, 0.15) is 17.9 Å². The van der Waals surface area contributed by atoms with Crippen LogP contribution in [0.5, 0.6) is 0 Å². The molecule has 1 fully saturated rings. The van der Waals surface area contributed by atoms with Crippen molar-refractivity contribution in [2.24, 2.45) is 0 Å². The Labute approximate surface area is 327 Å². The quantitative estimate of drug-likeness (QED) is 0.0839. The summed E-state index contributed by atoms with van der Waals surface area (Å²) < 4.78 is 4.67. The highest BCUT2D eigenvalue weighted by Gasteiger charge is 2.37. The Balaban J connectivity index is 0.973. The number of imidazole rings is 1. The molecule has 0 aliphatic carbocycles. The molecule has 4 N–H and O–H groups in total. The molecule has 1 saturated heterocycles. The Bertz CT molecular complexity index is 2070. The lowest BCUT2D eigenvalue weighted by atomic mass is 10.0. The van der Waals surface area contributed by atoms with E-state index in [0.29, 0.717) is 43.6 Å². The first-order valence-electron chi connectivity index (χ1n) is 19.0. The minimum atomic E-state index is -0.882. The van der Waals surface area contributed by atoms with E-state index in [0.717, 1.165) is 46.6 Å². The van der Waals surface area contributed by atoms with Gasteiger partial charge in [-0.1, -0.05) is 97.1 Å². The summed E-state index contributed by atoms with van der Waals surface area (Å²) in [5.74, 6) is 0.419. The number of hydrogen-bond donors (Lipinski definition) is 4. The summed E-state index contributed by atoms with van der Waals surface area (Å²) in [6.45, 7) is 1.06. The van der Waals surface area contributed by atoms with E-state index < -0.39 is 12.1 Å². The van der Waals surface area contributed by atoms with E-state index in [1.807, 2.05) is 90.8 Å². The highest BCUT2D eigenvalue weighted by atomic mass is 16.5. The molecule has 4 amide bonds. The average molecular weight is 756 g/mol. The van der Waals surface area contributed by atoms with Gasteiger partial charge in [0.25, 0.3) is 0 Å². The number of likely N-dealkylation sites (tertiary alicyclic amines) is 1. The fraction of sp³-hybridized carbons (Fsp3) is 0.295. The summed E-state index contributed by atoms with van der Waals surface area (Å²) >= 11 is 0. The molecule has 56 heavy (non-hydrogen) atoms. The molecule has 4 aromatic carbocycles. The van der Waals surface area contributed by atoms with E-state index in [1.165, 1.54) is 7.11 Å². The fourth-order valence-electron chi connectivity index (χ4n) is 7.08. The van der Waals surface area contributed by atoms with Crippen LogP contribution in [0.4, 0.5) is 10.5 Å².